The summed E-state index contributed by atoms with van der Waals surface area (Å²) in [6.07, 6.45) is 1.32. The van der Waals surface area contributed by atoms with Crippen molar-refractivity contribution >= 4 is 28.9 Å². The highest BCUT2D eigenvalue weighted by molar-refractivity contribution is 6.30. The number of nitrogens with one attached hydrogen (secondary N) is 2. The third kappa shape index (κ3) is 4.57. The Hall–Kier alpha value is -2.49. The first-order valence-corrected chi connectivity index (χ1v) is 8.58. The van der Waals surface area contributed by atoms with Gasteiger partial charge in [0, 0.05) is 37.7 Å². The lowest BCUT2D eigenvalue weighted by Gasteiger charge is -2.32. The van der Waals surface area contributed by atoms with Crippen LogP contribution in [0.4, 0.5) is 17.3 Å². The number of nitro groups is 1. The molecule has 3 rings (SSSR count). The van der Waals surface area contributed by atoms with Crippen LogP contribution in [0.5, 0.6) is 0 Å². The van der Waals surface area contributed by atoms with E-state index in [9.17, 15) is 10.1 Å². The summed E-state index contributed by atoms with van der Waals surface area (Å²) in [4.78, 5) is 21.4. The highest BCUT2D eigenvalue weighted by Crippen LogP contribution is 2.29. The zero-order chi connectivity index (χ0) is 18.5. The van der Waals surface area contributed by atoms with Gasteiger partial charge in [0.15, 0.2) is 0 Å². The van der Waals surface area contributed by atoms with Crippen molar-refractivity contribution in [1.82, 2.24) is 19.9 Å². The molecule has 10 heteroatoms. The van der Waals surface area contributed by atoms with E-state index in [0.717, 1.165) is 31.7 Å². The van der Waals surface area contributed by atoms with Gasteiger partial charge in [-0.2, -0.15) is 0 Å². The monoisotopic (exact) mass is 377 g/mol. The topological polar surface area (TPSA) is 99.5 Å². The molecule has 0 saturated carbocycles. The molecule has 2 heterocycles. The molecule has 9 nitrogen and oxygen atoms in total. The third-order valence-corrected chi connectivity index (χ3v) is 4.40. The summed E-state index contributed by atoms with van der Waals surface area (Å²) < 4.78 is 0. The van der Waals surface area contributed by atoms with Gasteiger partial charge in [-0.25, -0.2) is 15.0 Å². The Morgan fingerprint density at radius 1 is 1.15 bits per heavy atom. The number of hydrazine groups is 1. The van der Waals surface area contributed by atoms with Crippen LogP contribution in [0.2, 0.25) is 5.02 Å². The van der Waals surface area contributed by atoms with Gasteiger partial charge >= 0.3 is 5.69 Å². The summed E-state index contributed by atoms with van der Waals surface area (Å²) >= 11 is 5.87. The third-order valence-electron chi connectivity index (χ3n) is 4.15. The van der Waals surface area contributed by atoms with E-state index in [1.807, 2.05) is 24.2 Å². The molecule has 1 aliphatic rings. The molecule has 0 amide bonds. The molecule has 1 saturated heterocycles. The lowest BCUT2D eigenvalue weighted by molar-refractivity contribution is -0.383. The van der Waals surface area contributed by atoms with Crippen LogP contribution < -0.4 is 10.7 Å². The maximum Gasteiger partial charge on any atom is 0.354 e. The van der Waals surface area contributed by atoms with Crippen LogP contribution in [0, 0.1) is 10.1 Å². The maximum atomic E-state index is 11.6. The zero-order valence-corrected chi connectivity index (χ0v) is 15.1. The second-order valence-corrected chi connectivity index (χ2v) is 6.50. The number of halogens is 1. The molecule has 0 radical (unpaired) electrons. The van der Waals surface area contributed by atoms with Gasteiger partial charge in [0.1, 0.15) is 6.33 Å². The van der Waals surface area contributed by atoms with E-state index in [1.165, 1.54) is 6.33 Å². The molecule has 26 heavy (non-hydrogen) atoms. The predicted octanol–water partition coefficient (Wildman–Crippen LogP) is 2.22. The van der Waals surface area contributed by atoms with Gasteiger partial charge in [-0.3, -0.25) is 15.5 Å². The lowest BCUT2D eigenvalue weighted by Crippen LogP contribution is -2.47. The molecule has 0 bridgehead atoms. The average molecular weight is 378 g/mol. The van der Waals surface area contributed by atoms with Crippen molar-refractivity contribution in [3.05, 3.63) is 51.3 Å². The molecule has 1 aliphatic heterocycles. The lowest BCUT2D eigenvalue weighted by atomic mass is 10.2. The van der Waals surface area contributed by atoms with Crippen LogP contribution >= 0.6 is 11.6 Å². The van der Waals surface area contributed by atoms with Gasteiger partial charge in [-0.05, 0) is 24.7 Å². The SMILES string of the molecule is CN1CCN(Nc2ncnc(NCc3ccc(Cl)cc3)c2[N+](=O)[O-])CC1. The Bertz CT molecular complexity index is 764. The largest absolute Gasteiger partial charge is 0.360 e. The van der Waals surface area contributed by atoms with Crippen molar-refractivity contribution < 1.29 is 4.92 Å². The smallest absolute Gasteiger partial charge is 0.354 e. The minimum atomic E-state index is -0.470. The van der Waals surface area contributed by atoms with Crippen molar-refractivity contribution in [3.63, 3.8) is 0 Å². The minimum absolute atomic E-state index is 0.166. The number of nitrogens with zero attached hydrogens (tertiary/aromatic N) is 5. The van der Waals surface area contributed by atoms with E-state index < -0.39 is 4.92 Å². The summed E-state index contributed by atoms with van der Waals surface area (Å²) in [5.41, 5.74) is 3.83. The molecule has 1 aromatic carbocycles. The van der Waals surface area contributed by atoms with Crippen molar-refractivity contribution in [1.29, 1.82) is 0 Å². The molecular weight excluding hydrogens is 358 g/mol. The van der Waals surface area contributed by atoms with E-state index in [-0.39, 0.29) is 17.3 Å². The number of aromatic nitrogens is 2. The van der Waals surface area contributed by atoms with E-state index in [2.05, 4.69) is 25.6 Å². The Labute approximate surface area is 156 Å². The van der Waals surface area contributed by atoms with Crippen LogP contribution in [-0.4, -0.2) is 58.0 Å². The summed E-state index contributed by atoms with van der Waals surface area (Å²) in [5, 5.41) is 17.2. The van der Waals surface area contributed by atoms with Gasteiger partial charge < -0.3 is 10.2 Å². The van der Waals surface area contributed by atoms with Crippen molar-refractivity contribution in [2.24, 2.45) is 0 Å². The molecule has 0 atom stereocenters. The number of likely N-dealkylation sites (N-methyl/N-ethyl adjacent to an activating group) is 1. The minimum Gasteiger partial charge on any atom is -0.360 e. The number of benzene rings is 1. The molecule has 0 spiro atoms. The van der Waals surface area contributed by atoms with Gasteiger partial charge in [0.25, 0.3) is 0 Å². The summed E-state index contributed by atoms with van der Waals surface area (Å²) in [6.45, 7) is 3.67. The van der Waals surface area contributed by atoms with Gasteiger partial charge in [-0.15, -0.1) is 0 Å². The molecule has 0 aliphatic carbocycles. The molecule has 0 unspecified atom stereocenters. The highest BCUT2D eigenvalue weighted by atomic mass is 35.5. The number of rotatable bonds is 6. The Kier molecular flexibility index (Phi) is 5.82. The highest BCUT2D eigenvalue weighted by Gasteiger charge is 2.25. The van der Waals surface area contributed by atoms with Crippen LogP contribution in [0.15, 0.2) is 30.6 Å². The molecule has 2 N–H and O–H groups in total. The van der Waals surface area contributed by atoms with Crippen molar-refractivity contribution in [2.75, 3.05) is 44.0 Å². The Morgan fingerprint density at radius 3 is 2.46 bits per heavy atom. The molecule has 1 fully saturated rings. The second-order valence-electron chi connectivity index (χ2n) is 6.06. The summed E-state index contributed by atoms with van der Waals surface area (Å²) in [6, 6.07) is 7.25. The van der Waals surface area contributed by atoms with Gasteiger partial charge in [0.2, 0.25) is 11.6 Å². The number of anilines is 2. The molecule has 1 aromatic heterocycles. The van der Waals surface area contributed by atoms with E-state index in [1.54, 1.807) is 12.1 Å². The van der Waals surface area contributed by atoms with Crippen molar-refractivity contribution in [3.8, 4) is 0 Å². The summed E-state index contributed by atoms with van der Waals surface area (Å²) in [5.74, 6) is 0.365. The van der Waals surface area contributed by atoms with Crippen LogP contribution in [0.25, 0.3) is 0 Å². The first-order valence-electron chi connectivity index (χ1n) is 8.21. The van der Waals surface area contributed by atoms with Gasteiger partial charge in [0.05, 0.1) is 4.92 Å². The standard InChI is InChI=1S/C16H20ClN7O2/c1-22-6-8-23(9-7-22)21-16-14(24(25)26)15(19-11-20-16)18-10-12-2-4-13(17)5-3-12/h2-5,11H,6-10H2,1H3,(H2,18,19,20,21). The first kappa shape index (κ1) is 18.3. The molecule has 2 aromatic rings. The maximum absolute atomic E-state index is 11.6. The van der Waals surface area contributed by atoms with Crippen LogP contribution in [0.1, 0.15) is 5.56 Å². The molecular formula is C16H20ClN7O2. The van der Waals surface area contributed by atoms with E-state index in [4.69, 9.17) is 11.6 Å². The van der Waals surface area contributed by atoms with Gasteiger partial charge in [-0.1, -0.05) is 23.7 Å². The number of hydrogen-bond acceptors (Lipinski definition) is 8. The predicted molar refractivity (Wildman–Crippen MR) is 100 cm³/mol. The van der Waals surface area contributed by atoms with Crippen molar-refractivity contribution in [2.45, 2.75) is 6.54 Å². The normalized spacial score (nSPS) is 15.6. The quantitative estimate of drug-likeness (QED) is 0.584. The fourth-order valence-corrected chi connectivity index (χ4v) is 2.74. The number of piperazine rings is 1. The number of hydrogen-bond donors (Lipinski definition) is 2. The molecule has 138 valence electrons. The fourth-order valence-electron chi connectivity index (χ4n) is 2.62. The second kappa shape index (κ2) is 8.26. The summed E-state index contributed by atoms with van der Waals surface area (Å²) in [7, 11) is 2.04. The average Bonchev–Trinajstić information content (AvgIpc) is 2.63. The van der Waals surface area contributed by atoms with Crippen LogP contribution in [0.3, 0.4) is 0 Å². The van der Waals surface area contributed by atoms with E-state index >= 15 is 0 Å². The Balaban J connectivity index is 1.75. The first-order chi connectivity index (χ1) is 12.5. The zero-order valence-electron chi connectivity index (χ0n) is 14.4. The Morgan fingerprint density at radius 2 is 1.81 bits per heavy atom. The van der Waals surface area contributed by atoms with Crippen LogP contribution in [-0.2, 0) is 6.54 Å². The van der Waals surface area contributed by atoms with E-state index in [0.29, 0.717) is 11.6 Å². The fraction of sp³-hybridized carbons (Fsp3) is 0.375.